The van der Waals surface area contributed by atoms with Crippen molar-refractivity contribution in [1.29, 1.82) is 0 Å². The molecular formula is C52H76N14O9. The first kappa shape index (κ1) is 58.3. The van der Waals surface area contributed by atoms with Gasteiger partial charge in [-0.05, 0) is 80.0 Å². The monoisotopic (exact) mass is 1040 g/mol. The summed E-state index contributed by atoms with van der Waals surface area (Å²) in [6, 6.07) is 5.76. The van der Waals surface area contributed by atoms with Gasteiger partial charge in [-0.1, -0.05) is 76.6 Å². The van der Waals surface area contributed by atoms with Crippen LogP contribution >= 0.6 is 0 Å². The number of amides is 8. The minimum absolute atomic E-state index is 0.0327. The first-order valence-electron chi connectivity index (χ1n) is 25.9. The summed E-state index contributed by atoms with van der Waals surface area (Å²) < 4.78 is 0. The number of aromatic nitrogens is 2. The number of imidazole rings is 1. The van der Waals surface area contributed by atoms with Crippen LogP contribution in [0.15, 0.2) is 72.1 Å². The molecule has 0 aliphatic carbocycles. The van der Waals surface area contributed by atoms with Crippen molar-refractivity contribution in [3.8, 4) is 5.75 Å². The summed E-state index contributed by atoms with van der Waals surface area (Å²) in [6.07, 6.45) is 5.36. The average Bonchev–Trinajstić information content (AvgIpc) is 4.10. The number of nitrogens with two attached hydrogens (primary N) is 3. The highest BCUT2D eigenvalue weighted by molar-refractivity contribution is 5.98. The van der Waals surface area contributed by atoms with E-state index >= 15 is 0 Å². The van der Waals surface area contributed by atoms with Crippen molar-refractivity contribution in [2.45, 2.75) is 147 Å². The van der Waals surface area contributed by atoms with Crippen LogP contribution < -0.4 is 54.4 Å². The SMILES string of the molecule is CC[C@H](C)[C@@H]1NC(=O)[C@H](Cc2ccc(O)cc2)NC(=O)[C@H](C(C)C)NC(=O)[C@H](CCCN=C(N)N)NC(=O)[C@@H](N)CCCCNC(=O)[C@H](Cc2ccccc2)NC(=O)[C@@H]2CCCN2C(=O)[C@H](Cc2cnc[nH]2)NC1=O. The molecule has 3 aromatic rings. The van der Waals surface area contributed by atoms with Crippen LogP contribution in [0.3, 0.4) is 0 Å². The van der Waals surface area contributed by atoms with E-state index in [0.29, 0.717) is 36.9 Å². The van der Waals surface area contributed by atoms with E-state index < -0.39 is 107 Å². The molecule has 0 unspecified atom stereocenters. The van der Waals surface area contributed by atoms with Gasteiger partial charge in [-0.25, -0.2) is 4.98 Å². The Balaban J connectivity index is 1.52. The van der Waals surface area contributed by atoms with E-state index in [1.54, 1.807) is 32.9 Å². The van der Waals surface area contributed by atoms with Crippen molar-refractivity contribution in [3.05, 3.63) is 83.9 Å². The lowest BCUT2D eigenvalue weighted by Gasteiger charge is -2.32. The van der Waals surface area contributed by atoms with Gasteiger partial charge in [0, 0.05) is 50.8 Å². The van der Waals surface area contributed by atoms with E-state index in [4.69, 9.17) is 17.2 Å². The number of fused-ring (bicyclic) bond motifs is 1. The summed E-state index contributed by atoms with van der Waals surface area (Å²) in [5, 5.41) is 29.8. The van der Waals surface area contributed by atoms with E-state index in [2.05, 4.69) is 52.2 Å². The maximum Gasteiger partial charge on any atom is 0.246 e. The quantitative estimate of drug-likeness (QED) is 0.0581. The lowest BCUT2D eigenvalue weighted by Crippen LogP contribution is -2.62. The number of nitrogens with zero attached hydrogens (tertiary/aromatic N) is 3. The number of aliphatic imine (C=N–C) groups is 1. The fraction of sp³-hybridized carbons (Fsp3) is 0.538. The second-order valence-electron chi connectivity index (χ2n) is 19.7. The van der Waals surface area contributed by atoms with E-state index in [0.717, 1.165) is 5.56 Å². The smallest absolute Gasteiger partial charge is 0.246 e. The van der Waals surface area contributed by atoms with Crippen LogP contribution in [-0.2, 0) is 57.6 Å². The molecule has 0 bridgehead atoms. The molecule has 75 heavy (non-hydrogen) atoms. The van der Waals surface area contributed by atoms with E-state index in [1.807, 2.05) is 37.3 Å². The zero-order valence-corrected chi connectivity index (χ0v) is 43.3. The number of aromatic amines is 1. The summed E-state index contributed by atoms with van der Waals surface area (Å²) in [7, 11) is 0. The molecule has 2 aliphatic rings. The van der Waals surface area contributed by atoms with Gasteiger partial charge >= 0.3 is 0 Å². The molecule has 2 fully saturated rings. The highest BCUT2D eigenvalue weighted by atomic mass is 16.3. The molecule has 2 aliphatic heterocycles. The van der Waals surface area contributed by atoms with Gasteiger partial charge in [-0.15, -0.1) is 0 Å². The van der Waals surface area contributed by atoms with Gasteiger partial charge in [0.05, 0.1) is 12.4 Å². The van der Waals surface area contributed by atoms with Crippen molar-refractivity contribution in [2.24, 2.45) is 34.0 Å². The van der Waals surface area contributed by atoms with Crippen molar-refractivity contribution < 1.29 is 43.5 Å². The highest BCUT2D eigenvalue weighted by Crippen LogP contribution is 2.21. The molecule has 0 saturated carbocycles. The second-order valence-corrected chi connectivity index (χ2v) is 19.7. The molecule has 2 saturated heterocycles. The lowest BCUT2D eigenvalue weighted by molar-refractivity contribution is -0.142. The molecule has 23 heteroatoms. The molecule has 408 valence electrons. The first-order chi connectivity index (χ1) is 35.8. The number of hydrogen-bond donors (Lipinski definition) is 12. The van der Waals surface area contributed by atoms with Crippen LogP contribution in [0.4, 0.5) is 0 Å². The summed E-state index contributed by atoms with van der Waals surface area (Å²) in [6.45, 7) is 7.45. The van der Waals surface area contributed by atoms with Crippen LogP contribution in [0.25, 0.3) is 0 Å². The summed E-state index contributed by atoms with van der Waals surface area (Å²) in [5.41, 5.74) is 19.2. The van der Waals surface area contributed by atoms with Crippen LogP contribution in [0.5, 0.6) is 5.75 Å². The molecule has 5 rings (SSSR count). The van der Waals surface area contributed by atoms with Crippen LogP contribution in [0, 0.1) is 11.8 Å². The number of nitrogens with one attached hydrogen (secondary N) is 8. The number of carbonyl (C=O) groups is 8. The number of hydrogen-bond acceptors (Lipinski definition) is 12. The maximum absolute atomic E-state index is 14.8. The van der Waals surface area contributed by atoms with Crippen molar-refractivity contribution in [1.82, 2.24) is 52.1 Å². The number of benzene rings is 2. The van der Waals surface area contributed by atoms with Crippen molar-refractivity contribution >= 4 is 53.2 Å². The molecule has 0 spiro atoms. The predicted molar refractivity (Wildman–Crippen MR) is 280 cm³/mol. The third-order valence-electron chi connectivity index (χ3n) is 13.6. The average molecular weight is 1040 g/mol. The standard InChI is InChI=1S/C52H76N14O9/c1-5-31(4)43-50(74)63-40(27-34-28-56-29-59-34)51(75)66-24-12-17-41(66)48(72)61-38(25-32-13-7-6-8-14-32)45(69)57-22-10-9-15-36(53)44(68)60-37(16-11-23-58-52(54)55)46(70)64-42(30(2)3)49(73)62-39(47(71)65-43)26-33-18-20-35(67)21-19-33/h6-8,13-14,18-21,28-31,36-43,67H,5,9-12,15-17,22-27,53H2,1-4H3,(H,56,59)(H,57,69)(H,60,68)(H,61,72)(H,62,73)(H,63,74)(H,64,70)(H,65,71)(H4,54,55,58)/t31-,36-,37-,38-,39-,40-,41-,42-,43-/m0/s1. The number of carbonyl (C=O) groups excluding carboxylic acids is 8. The Morgan fingerprint density at radius 2 is 1.31 bits per heavy atom. The number of phenols is 1. The van der Waals surface area contributed by atoms with Crippen LogP contribution in [0.1, 0.15) is 95.9 Å². The minimum atomic E-state index is -1.35. The third kappa shape index (κ3) is 17.8. The largest absolute Gasteiger partial charge is 0.508 e. The second kappa shape index (κ2) is 28.8. The third-order valence-corrected chi connectivity index (χ3v) is 13.6. The number of rotatable bonds is 13. The van der Waals surface area contributed by atoms with Crippen LogP contribution in [0.2, 0.25) is 0 Å². The van der Waals surface area contributed by atoms with Gasteiger partial charge in [0.2, 0.25) is 47.3 Å². The number of H-pyrrole nitrogens is 1. The van der Waals surface area contributed by atoms with E-state index in [9.17, 15) is 43.5 Å². The number of phenolic OH excluding ortho intramolecular Hbond substituents is 1. The minimum Gasteiger partial charge on any atom is -0.508 e. The molecule has 9 atom stereocenters. The van der Waals surface area contributed by atoms with Gasteiger partial charge in [0.1, 0.15) is 48.0 Å². The van der Waals surface area contributed by atoms with E-state index in [1.165, 1.54) is 29.6 Å². The zero-order chi connectivity index (χ0) is 54.6. The molecule has 0 radical (unpaired) electrons. The molecule has 23 nitrogen and oxygen atoms in total. The Kier molecular flexibility index (Phi) is 22.4. The Bertz CT molecular complexity index is 2420. The zero-order valence-electron chi connectivity index (χ0n) is 43.3. The molecule has 15 N–H and O–H groups in total. The number of guanidine groups is 1. The molecule has 2 aromatic carbocycles. The van der Waals surface area contributed by atoms with Crippen LogP contribution in [-0.4, -0.2) is 141 Å². The maximum atomic E-state index is 14.8. The highest BCUT2D eigenvalue weighted by Gasteiger charge is 2.41. The molecular weight excluding hydrogens is 965 g/mol. The van der Waals surface area contributed by atoms with Gasteiger partial charge < -0.3 is 69.4 Å². The summed E-state index contributed by atoms with van der Waals surface area (Å²) >= 11 is 0. The normalized spacial score (nSPS) is 25.0. The fourth-order valence-corrected chi connectivity index (χ4v) is 9.00. The Labute approximate surface area is 437 Å². The van der Waals surface area contributed by atoms with Gasteiger partial charge in [-0.2, -0.15) is 0 Å². The van der Waals surface area contributed by atoms with Gasteiger partial charge in [0.25, 0.3) is 0 Å². The molecule has 3 heterocycles. The fourth-order valence-electron chi connectivity index (χ4n) is 9.00. The Hall–Kier alpha value is -7.56. The molecule has 1 aromatic heterocycles. The Morgan fingerprint density at radius 3 is 1.96 bits per heavy atom. The van der Waals surface area contributed by atoms with Gasteiger partial charge in [0.15, 0.2) is 5.96 Å². The van der Waals surface area contributed by atoms with Gasteiger partial charge in [-0.3, -0.25) is 43.3 Å². The first-order valence-corrected chi connectivity index (χ1v) is 25.9. The summed E-state index contributed by atoms with van der Waals surface area (Å²) in [4.78, 5) is 127. The topological polar surface area (TPSA) is 363 Å². The Morgan fingerprint density at radius 1 is 0.693 bits per heavy atom. The van der Waals surface area contributed by atoms with E-state index in [-0.39, 0.29) is 76.3 Å². The van der Waals surface area contributed by atoms with Crippen molar-refractivity contribution in [2.75, 3.05) is 19.6 Å². The lowest BCUT2D eigenvalue weighted by atomic mass is 9.96. The summed E-state index contributed by atoms with van der Waals surface area (Å²) in [5.74, 6) is -6.41. The van der Waals surface area contributed by atoms with Crippen molar-refractivity contribution in [3.63, 3.8) is 0 Å². The molecule has 8 amide bonds. The predicted octanol–water partition coefficient (Wildman–Crippen LogP) is -0.574. The number of aromatic hydroxyl groups is 1.